The summed E-state index contributed by atoms with van der Waals surface area (Å²) in [5.41, 5.74) is 5.91. The van der Waals surface area contributed by atoms with Crippen molar-refractivity contribution in [2.24, 2.45) is 0 Å². The minimum atomic E-state index is -0.111. The van der Waals surface area contributed by atoms with E-state index in [0.29, 0.717) is 0 Å². The van der Waals surface area contributed by atoms with Crippen molar-refractivity contribution < 1.29 is 5.11 Å². The molecule has 3 aromatic rings. The number of piperazine rings is 1. The van der Waals surface area contributed by atoms with E-state index >= 15 is 0 Å². The van der Waals surface area contributed by atoms with Crippen LogP contribution in [0.4, 0.5) is 5.69 Å². The van der Waals surface area contributed by atoms with E-state index in [0.717, 1.165) is 76.3 Å². The maximum Gasteiger partial charge on any atom is 0.0795 e. The molecule has 0 atom stereocenters. The Hall–Kier alpha value is -2.41. The Morgan fingerprint density at radius 1 is 1.00 bits per heavy atom. The molecule has 0 saturated carbocycles. The molecule has 2 aliphatic heterocycles. The summed E-state index contributed by atoms with van der Waals surface area (Å²) in [6, 6.07) is 13.2. The number of hydrogen-bond donors (Lipinski definition) is 2. The molecule has 2 saturated heterocycles. The van der Waals surface area contributed by atoms with Crippen LogP contribution >= 0.6 is 0 Å². The van der Waals surface area contributed by atoms with Gasteiger partial charge in [0, 0.05) is 86.3 Å². The van der Waals surface area contributed by atoms with Crippen molar-refractivity contribution in [2.75, 3.05) is 57.8 Å². The lowest BCUT2D eigenvalue weighted by Gasteiger charge is -2.34. The van der Waals surface area contributed by atoms with Gasteiger partial charge in [0.15, 0.2) is 0 Å². The molecule has 4 heterocycles. The van der Waals surface area contributed by atoms with E-state index in [1.165, 1.54) is 22.3 Å². The van der Waals surface area contributed by atoms with E-state index in [1.807, 2.05) is 6.20 Å². The van der Waals surface area contributed by atoms with Crippen LogP contribution in [0.5, 0.6) is 0 Å². The Morgan fingerprint density at radius 2 is 1.74 bits per heavy atom. The summed E-state index contributed by atoms with van der Waals surface area (Å²) in [6.45, 7) is 7.42. The van der Waals surface area contributed by atoms with Crippen molar-refractivity contribution >= 4 is 16.6 Å². The number of aliphatic hydroxyl groups excluding tert-OH is 1. The van der Waals surface area contributed by atoms with Crippen LogP contribution in [-0.4, -0.2) is 83.8 Å². The first-order chi connectivity index (χ1) is 15.2. The van der Waals surface area contributed by atoms with Gasteiger partial charge in [-0.15, -0.1) is 0 Å². The first kappa shape index (κ1) is 20.5. The summed E-state index contributed by atoms with van der Waals surface area (Å²) in [5, 5.41) is 10.9. The minimum absolute atomic E-state index is 0.111. The SMILES string of the molecule is CN1CCN(c2ccc(-c3nccc4[nH]c(CCN5CCC(O)CC5)cc34)cc2)CC1. The zero-order valence-electron chi connectivity index (χ0n) is 18.4. The number of nitrogens with zero attached hydrogens (tertiary/aromatic N) is 4. The van der Waals surface area contributed by atoms with Crippen LogP contribution in [0.2, 0.25) is 0 Å². The number of piperidine rings is 1. The highest BCUT2D eigenvalue weighted by molar-refractivity contribution is 5.93. The normalized spacial score (nSPS) is 19.4. The molecule has 6 heteroatoms. The van der Waals surface area contributed by atoms with Gasteiger partial charge in [-0.2, -0.15) is 0 Å². The van der Waals surface area contributed by atoms with Crippen LogP contribution in [-0.2, 0) is 6.42 Å². The highest BCUT2D eigenvalue weighted by Gasteiger charge is 2.18. The van der Waals surface area contributed by atoms with E-state index in [4.69, 9.17) is 4.98 Å². The third-order valence-corrected chi connectivity index (χ3v) is 6.87. The van der Waals surface area contributed by atoms with Gasteiger partial charge < -0.3 is 24.8 Å². The van der Waals surface area contributed by atoms with Crippen LogP contribution in [0.3, 0.4) is 0 Å². The summed E-state index contributed by atoms with van der Waals surface area (Å²) in [7, 11) is 2.19. The molecule has 31 heavy (non-hydrogen) atoms. The Labute approximate surface area is 184 Å². The fraction of sp³-hybridized carbons (Fsp3) is 0.480. The third-order valence-electron chi connectivity index (χ3n) is 6.87. The molecule has 2 N–H and O–H groups in total. The molecule has 6 nitrogen and oxygen atoms in total. The second-order valence-corrected chi connectivity index (χ2v) is 9.08. The summed E-state index contributed by atoms with van der Waals surface area (Å²) < 4.78 is 0. The number of rotatable bonds is 5. The summed E-state index contributed by atoms with van der Waals surface area (Å²) in [5.74, 6) is 0. The van der Waals surface area contributed by atoms with E-state index in [1.54, 1.807) is 0 Å². The largest absolute Gasteiger partial charge is 0.393 e. The number of likely N-dealkylation sites (tertiary alicyclic amines) is 1. The number of hydrogen-bond acceptors (Lipinski definition) is 5. The molecule has 5 rings (SSSR count). The fourth-order valence-corrected chi connectivity index (χ4v) is 4.79. The molecular formula is C25H33N5O. The molecular weight excluding hydrogens is 386 g/mol. The standard InChI is InChI=1S/C25H33N5O/c1-28-14-16-30(17-15-28)21-4-2-19(3-5-21)25-23-18-20(27-24(23)6-10-26-25)7-11-29-12-8-22(31)9-13-29/h2-6,10,18,22,27,31H,7-9,11-17H2,1H3. The number of nitrogens with one attached hydrogen (secondary N) is 1. The zero-order valence-corrected chi connectivity index (χ0v) is 18.4. The van der Waals surface area contributed by atoms with Crippen LogP contribution in [0.15, 0.2) is 42.6 Å². The third kappa shape index (κ3) is 4.61. The second kappa shape index (κ2) is 8.99. The molecule has 0 radical (unpaired) electrons. The van der Waals surface area contributed by atoms with Gasteiger partial charge in [-0.25, -0.2) is 0 Å². The number of pyridine rings is 1. The Bertz CT molecular complexity index is 998. The molecule has 2 aromatic heterocycles. The number of benzene rings is 1. The highest BCUT2D eigenvalue weighted by Crippen LogP contribution is 2.29. The monoisotopic (exact) mass is 419 g/mol. The molecule has 0 unspecified atom stereocenters. The lowest BCUT2D eigenvalue weighted by molar-refractivity contribution is 0.0831. The van der Waals surface area contributed by atoms with Gasteiger partial charge >= 0.3 is 0 Å². The maximum absolute atomic E-state index is 9.70. The molecule has 164 valence electrons. The highest BCUT2D eigenvalue weighted by atomic mass is 16.3. The van der Waals surface area contributed by atoms with Gasteiger partial charge in [0.2, 0.25) is 0 Å². The second-order valence-electron chi connectivity index (χ2n) is 9.08. The number of anilines is 1. The number of aliphatic hydroxyl groups is 1. The summed E-state index contributed by atoms with van der Waals surface area (Å²) in [4.78, 5) is 15.6. The lowest BCUT2D eigenvalue weighted by Crippen LogP contribution is -2.44. The van der Waals surface area contributed by atoms with Crippen LogP contribution in [0.25, 0.3) is 22.2 Å². The van der Waals surface area contributed by atoms with E-state index < -0.39 is 0 Å². The fourth-order valence-electron chi connectivity index (χ4n) is 4.79. The maximum atomic E-state index is 9.70. The first-order valence-electron chi connectivity index (χ1n) is 11.6. The van der Waals surface area contributed by atoms with E-state index in [9.17, 15) is 5.11 Å². The van der Waals surface area contributed by atoms with Crippen LogP contribution in [0.1, 0.15) is 18.5 Å². The average molecular weight is 420 g/mol. The molecule has 0 aliphatic carbocycles. The molecule has 2 aliphatic rings. The van der Waals surface area contributed by atoms with Gasteiger partial charge in [-0.1, -0.05) is 12.1 Å². The quantitative estimate of drug-likeness (QED) is 0.666. The number of fused-ring (bicyclic) bond motifs is 1. The topological polar surface area (TPSA) is 58.6 Å². The Morgan fingerprint density at radius 3 is 2.48 bits per heavy atom. The predicted molar refractivity (Wildman–Crippen MR) is 127 cm³/mol. The molecule has 0 bridgehead atoms. The summed E-state index contributed by atoms with van der Waals surface area (Å²) >= 11 is 0. The number of aromatic amines is 1. The zero-order chi connectivity index (χ0) is 21.2. The predicted octanol–water partition coefficient (Wildman–Crippen LogP) is 2.98. The van der Waals surface area contributed by atoms with Crippen molar-refractivity contribution in [3.8, 4) is 11.3 Å². The van der Waals surface area contributed by atoms with Crippen molar-refractivity contribution in [3.63, 3.8) is 0 Å². The molecule has 0 spiro atoms. The van der Waals surface area contributed by atoms with Gasteiger partial charge in [0.25, 0.3) is 0 Å². The lowest BCUT2D eigenvalue weighted by atomic mass is 10.1. The molecule has 0 amide bonds. The number of aromatic nitrogens is 2. The average Bonchev–Trinajstić information content (AvgIpc) is 3.23. The smallest absolute Gasteiger partial charge is 0.0795 e. The van der Waals surface area contributed by atoms with Crippen molar-refractivity contribution in [2.45, 2.75) is 25.4 Å². The van der Waals surface area contributed by atoms with Gasteiger partial charge in [0.05, 0.1) is 11.8 Å². The van der Waals surface area contributed by atoms with E-state index in [2.05, 4.69) is 63.1 Å². The van der Waals surface area contributed by atoms with Crippen LogP contribution < -0.4 is 4.90 Å². The summed E-state index contributed by atoms with van der Waals surface area (Å²) in [6.07, 6.45) is 4.57. The van der Waals surface area contributed by atoms with Gasteiger partial charge in [-0.05, 0) is 44.2 Å². The van der Waals surface area contributed by atoms with Crippen LogP contribution in [0, 0.1) is 0 Å². The van der Waals surface area contributed by atoms with Gasteiger partial charge in [0.1, 0.15) is 0 Å². The Balaban J connectivity index is 1.30. The number of H-pyrrole nitrogens is 1. The minimum Gasteiger partial charge on any atom is -0.393 e. The first-order valence-corrected chi connectivity index (χ1v) is 11.6. The van der Waals surface area contributed by atoms with Crippen molar-refractivity contribution in [1.29, 1.82) is 0 Å². The molecule has 2 fully saturated rings. The van der Waals surface area contributed by atoms with E-state index in [-0.39, 0.29) is 6.10 Å². The number of likely N-dealkylation sites (N-methyl/N-ethyl adjacent to an activating group) is 1. The molecule has 1 aromatic carbocycles. The van der Waals surface area contributed by atoms with Crippen molar-refractivity contribution in [3.05, 3.63) is 48.3 Å². The van der Waals surface area contributed by atoms with Crippen molar-refractivity contribution in [1.82, 2.24) is 19.8 Å². The Kier molecular flexibility index (Phi) is 5.94. The van der Waals surface area contributed by atoms with Gasteiger partial charge in [-0.3, -0.25) is 4.98 Å².